The van der Waals surface area contributed by atoms with Crippen molar-refractivity contribution in [2.45, 2.75) is 126 Å². The van der Waals surface area contributed by atoms with Crippen LogP contribution in [0.15, 0.2) is 82.5 Å². The van der Waals surface area contributed by atoms with Crippen molar-refractivity contribution in [2.75, 3.05) is 0 Å². The van der Waals surface area contributed by atoms with Crippen LogP contribution in [0.25, 0.3) is 0 Å². The van der Waals surface area contributed by atoms with Gasteiger partial charge < -0.3 is 0 Å². The summed E-state index contributed by atoms with van der Waals surface area (Å²) in [5, 5.41) is 0. The maximum absolute atomic E-state index is 2.46. The highest BCUT2D eigenvalue weighted by molar-refractivity contribution is 5.24. The summed E-state index contributed by atoms with van der Waals surface area (Å²) in [5.41, 5.74) is 10.4. The second-order valence-electron chi connectivity index (χ2n) is 11.0. The summed E-state index contributed by atoms with van der Waals surface area (Å²) in [6.07, 6.45) is 24.0. The van der Waals surface area contributed by atoms with E-state index in [0.29, 0.717) is 5.92 Å². The third-order valence-corrected chi connectivity index (χ3v) is 6.92. The number of benzene rings is 1. The van der Waals surface area contributed by atoms with Crippen LogP contribution in [-0.2, 0) is 0 Å². The van der Waals surface area contributed by atoms with Crippen molar-refractivity contribution in [3.8, 4) is 0 Å². The molecule has 0 heterocycles. The van der Waals surface area contributed by atoms with Crippen LogP contribution in [0.1, 0.15) is 130 Å². The second-order valence-corrected chi connectivity index (χ2v) is 11.0. The normalized spacial score (nSPS) is 14.3. The van der Waals surface area contributed by atoms with E-state index in [1.165, 1.54) is 103 Å². The number of aryl methyl sites for hydroxylation is 1. The Kier molecular flexibility index (Phi) is 16.1. The van der Waals surface area contributed by atoms with Crippen molar-refractivity contribution >= 4 is 0 Å². The Morgan fingerprint density at radius 2 is 0.943 bits per heavy atom. The fraction of sp³-hybridized carbons (Fsp3) is 0.543. The van der Waals surface area contributed by atoms with Crippen LogP contribution < -0.4 is 0 Å². The minimum Gasteiger partial charge on any atom is -0.0856 e. The fourth-order valence-corrected chi connectivity index (χ4v) is 4.28. The lowest BCUT2D eigenvalue weighted by molar-refractivity contribution is 0.687. The van der Waals surface area contributed by atoms with E-state index in [2.05, 4.69) is 110 Å². The summed E-state index contributed by atoms with van der Waals surface area (Å²) in [7, 11) is 0. The molecule has 0 nitrogen and oxygen atoms in total. The minimum atomic E-state index is 0.630. The molecular formula is C35H54. The van der Waals surface area contributed by atoms with E-state index in [1.54, 1.807) is 0 Å². The lowest BCUT2D eigenvalue weighted by Crippen LogP contribution is -1.93. The Morgan fingerprint density at radius 3 is 1.34 bits per heavy atom. The molecule has 0 fully saturated rings. The van der Waals surface area contributed by atoms with E-state index in [4.69, 9.17) is 0 Å². The molecule has 1 atom stereocenters. The summed E-state index contributed by atoms with van der Waals surface area (Å²) in [4.78, 5) is 0. The van der Waals surface area contributed by atoms with Crippen LogP contribution in [0.3, 0.4) is 0 Å². The molecular weight excluding hydrogens is 420 g/mol. The van der Waals surface area contributed by atoms with Gasteiger partial charge in [-0.2, -0.15) is 0 Å². The highest BCUT2D eigenvalue weighted by atomic mass is 14.1. The van der Waals surface area contributed by atoms with Gasteiger partial charge in [-0.15, -0.1) is 0 Å². The van der Waals surface area contributed by atoms with Gasteiger partial charge in [0.2, 0.25) is 0 Å². The molecule has 0 aliphatic rings. The molecule has 0 unspecified atom stereocenters. The van der Waals surface area contributed by atoms with Gasteiger partial charge in [-0.1, -0.05) is 95.0 Å². The number of hydrogen-bond acceptors (Lipinski definition) is 0. The van der Waals surface area contributed by atoms with Crippen LogP contribution in [-0.4, -0.2) is 0 Å². The van der Waals surface area contributed by atoms with Gasteiger partial charge in [0, 0.05) is 0 Å². The average Bonchev–Trinajstić information content (AvgIpc) is 2.79. The molecule has 1 aromatic carbocycles. The van der Waals surface area contributed by atoms with Crippen molar-refractivity contribution in [1.82, 2.24) is 0 Å². The smallest absolute Gasteiger partial charge is 0.0187 e. The van der Waals surface area contributed by atoms with Gasteiger partial charge in [0.1, 0.15) is 0 Å². The van der Waals surface area contributed by atoms with E-state index >= 15 is 0 Å². The van der Waals surface area contributed by atoms with Gasteiger partial charge in [0.15, 0.2) is 0 Å². The summed E-state index contributed by atoms with van der Waals surface area (Å²) < 4.78 is 0. The molecule has 0 N–H and O–H groups in total. The zero-order valence-corrected chi connectivity index (χ0v) is 24.3. The van der Waals surface area contributed by atoms with E-state index < -0.39 is 0 Å². The highest BCUT2D eigenvalue weighted by Gasteiger charge is 2.04. The molecule has 0 aliphatic carbocycles. The first kappa shape index (κ1) is 31.0. The Morgan fingerprint density at radius 1 is 0.571 bits per heavy atom. The summed E-state index contributed by atoms with van der Waals surface area (Å²) in [5.74, 6) is 0.630. The largest absolute Gasteiger partial charge is 0.0856 e. The van der Waals surface area contributed by atoms with Crippen LogP contribution >= 0.6 is 0 Å². The zero-order valence-electron chi connectivity index (χ0n) is 24.3. The van der Waals surface area contributed by atoms with Gasteiger partial charge in [-0.3, -0.25) is 0 Å². The molecule has 1 rings (SSSR count). The Labute approximate surface area is 219 Å². The van der Waals surface area contributed by atoms with Gasteiger partial charge >= 0.3 is 0 Å². The Hall–Kier alpha value is -2.08. The first-order valence-electron chi connectivity index (χ1n) is 14.0. The van der Waals surface area contributed by atoms with Crippen molar-refractivity contribution in [1.29, 1.82) is 0 Å². The van der Waals surface area contributed by atoms with Crippen molar-refractivity contribution in [3.05, 3.63) is 93.6 Å². The van der Waals surface area contributed by atoms with E-state index in [0.717, 1.165) is 0 Å². The van der Waals surface area contributed by atoms with E-state index in [9.17, 15) is 0 Å². The number of allylic oxidation sites excluding steroid dienone is 10. The van der Waals surface area contributed by atoms with Crippen LogP contribution in [0.5, 0.6) is 0 Å². The quantitative estimate of drug-likeness (QED) is 0.209. The van der Waals surface area contributed by atoms with Crippen molar-refractivity contribution < 1.29 is 0 Å². The maximum atomic E-state index is 2.46. The summed E-state index contributed by atoms with van der Waals surface area (Å²) >= 11 is 0. The highest BCUT2D eigenvalue weighted by Crippen LogP contribution is 2.22. The van der Waals surface area contributed by atoms with Crippen molar-refractivity contribution in [2.24, 2.45) is 0 Å². The van der Waals surface area contributed by atoms with Gasteiger partial charge in [-0.25, -0.2) is 0 Å². The SMILES string of the molecule is CC(C)=CCC/C(C)=C/CC/C(C)=C/CC/C(C)=C/CC/C(C)=C/CC[C@@H](C)c1ccc(C)cc1. The average molecular weight is 475 g/mol. The van der Waals surface area contributed by atoms with Crippen LogP contribution in [0.2, 0.25) is 0 Å². The lowest BCUT2D eigenvalue weighted by Gasteiger charge is -2.11. The Bertz CT molecular complexity index is 863. The summed E-state index contributed by atoms with van der Waals surface area (Å²) in [6.45, 7) is 18.0. The zero-order chi connectivity index (χ0) is 26.1. The molecule has 1 aromatic rings. The topological polar surface area (TPSA) is 0 Å². The van der Waals surface area contributed by atoms with Gasteiger partial charge in [-0.05, 0) is 124 Å². The van der Waals surface area contributed by atoms with Crippen LogP contribution in [0.4, 0.5) is 0 Å². The molecule has 194 valence electrons. The molecule has 0 spiro atoms. The minimum absolute atomic E-state index is 0.630. The van der Waals surface area contributed by atoms with E-state index in [1.807, 2.05) is 0 Å². The summed E-state index contributed by atoms with van der Waals surface area (Å²) in [6, 6.07) is 9.03. The monoisotopic (exact) mass is 474 g/mol. The standard InChI is InChI=1S/C35H54/c1-28(2)14-9-15-29(3)16-10-17-30(4)18-11-19-31(5)20-12-21-32(6)22-13-23-34(8)35-26-24-33(7)25-27-35/h14,16,18,20,22,24-27,34H,9-13,15,17,19,21,23H2,1-8H3/b29-16+,30-18+,31-20+,32-22+/t34-/m1/s1. The molecule has 0 aromatic heterocycles. The fourth-order valence-electron chi connectivity index (χ4n) is 4.28. The van der Waals surface area contributed by atoms with Crippen molar-refractivity contribution in [3.63, 3.8) is 0 Å². The molecule has 0 bridgehead atoms. The van der Waals surface area contributed by atoms with Gasteiger partial charge in [0.05, 0.1) is 0 Å². The molecule has 0 aliphatic heterocycles. The molecule has 0 saturated heterocycles. The number of rotatable bonds is 16. The molecule has 0 amide bonds. The lowest BCUT2D eigenvalue weighted by atomic mass is 9.95. The maximum Gasteiger partial charge on any atom is -0.0187 e. The first-order valence-corrected chi connectivity index (χ1v) is 14.0. The molecule has 35 heavy (non-hydrogen) atoms. The first-order chi connectivity index (χ1) is 16.7. The van der Waals surface area contributed by atoms with E-state index in [-0.39, 0.29) is 0 Å². The molecule has 0 radical (unpaired) electrons. The third kappa shape index (κ3) is 16.3. The third-order valence-electron chi connectivity index (χ3n) is 6.92. The number of hydrogen-bond donors (Lipinski definition) is 0. The molecule has 0 heteroatoms. The predicted octanol–water partition coefficient (Wildman–Crippen LogP) is 11.8. The molecule has 0 saturated carbocycles. The van der Waals surface area contributed by atoms with Gasteiger partial charge in [0.25, 0.3) is 0 Å². The predicted molar refractivity (Wildman–Crippen MR) is 160 cm³/mol. The van der Waals surface area contributed by atoms with Crippen LogP contribution in [0, 0.1) is 6.92 Å². The Balaban J connectivity index is 2.24. The second kappa shape index (κ2) is 18.2.